The zero-order chi connectivity index (χ0) is 25.0. The van der Waals surface area contributed by atoms with Crippen LogP contribution in [0.5, 0.6) is 11.5 Å². The number of carbonyl (C=O) groups is 2. The van der Waals surface area contributed by atoms with Crippen LogP contribution in [0.15, 0.2) is 41.0 Å². The summed E-state index contributed by atoms with van der Waals surface area (Å²) in [5, 5.41) is 5.91. The van der Waals surface area contributed by atoms with Gasteiger partial charge < -0.3 is 14.2 Å². The number of amides is 1. The van der Waals surface area contributed by atoms with Crippen molar-refractivity contribution in [2.24, 2.45) is 5.10 Å². The minimum atomic E-state index is -0.558. The molecule has 0 saturated heterocycles. The highest BCUT2D eigenvalue weighted by molar-refractivity contribution is 14.1. The van der Waals surface area contributed by atoms with Gasteiger partial charge >= 0.3 is 5.97 Å². The van der Waals surface area contributed by atoms with E-state index in [1.165, 1.54) is 11.1 Å². The molecule has 0 radical (unpaired) electrons. The maximum Gasteiger partial charge on any atom is 0.339 e. The number of rotatable bonds is 8. The molecule has 1 aliphatic heterocycles. The average Bonchev–Trinajstić information content (AvgIpc) is 3.04. The van der Waals surface area contributed by atoms with Gasteiger partial charge in [-0.25, -0.2) is 4.79 Å². The number of hydrogen-bond acceptors (Lipinski definition) is 6. The van der Waals surface area contributed by atoms with Crippen molar-refractivity contribution in [3.63, 3.8) is 0 Å². The third-order valence-electron chi connectivity index (χ3n) is 4.75. The zero-order valence-corrected chi connectivity index (χ0v) is 22.6. The van der Waals surface area contributed by atoms with Crippen molar-refractivity contribution >= 4 is 63.5 Å². The summed E-state index contributed by atoms with van der Waals surface area (Å²) in [5.74, 6) is 0.423. The van der Waals surface area contributed by atoms with Crippen LogP contribution in [-0.4, -0.2) is 36.9 Å². The van der Waals surface area contributed by atoms with E-state index in [-0.39, 0.29) is 22.6 Å². The third-order valence-corrected chi connectivity index (χ3v) is 5.88. The molecule has 0 N–H and O–H groups in total. The average molecular weight is 597 g/mol. The Balaban J connectivity index is 1.95. The molecule has 180 valence electrons. The van der Waals surface area contributed by atoms with Gasteiger partial charge in [-0.1, -0.05) is 11.6 Å². The Labute approximate surface area is 217 Å². The second kappa shape index (κ2) is 11.2. The molecule has 0 atom stereocenters. The summed E-state index contributed by atoms with van der Waals surface area (Å²) in [6.07, 6.45) is 1.47. The summed E-state index contributed by atoms with van der Waals surface area (Å²) in [6, 6.07) is 8.47. The first-order valence-electron chi connectivity index (χ1n) is 10.9. The summed E-state index contributed by atoms with van der Waals surface area (Å²) in [5.41, 5.74) is 2.36. The number of halogens is 2. The van der Waals surface area contributed by atoms with E-state index in [2.05, 4.69) is 27.7 Å². The maximum atomic E-state index is 13.3. The van der Waals surface area contributed by atoms with E-state index >= 15 is 0 Å². The monoisotopic (exact) mass is 596 g/mol. The first kappa shape index (κ1) is 26.0. The number of anilines is 1. The molecule has 0 fully saturated rings. The largest absolute Gasteiger partial charge is 0.490 e. The molecular formula is C25H26ClIN2O5. The first-order valence-corrected chi connectivity index (χ1v) is 12.3. The van der Waals surface area contributed by atoms with Crippen molar-refractivity contribution in [2.45, 2.75) is 40.7 Å². The summed E-state index contributed by atoms with van der Waals surface area (Å²) in [4.78, 5) is 25.7. The second-order valence-corrected chi connectivity index (χ2v) is 9.24. The van der Waals surface area contributed by atoms with Gasteiger partial charge in [0.05, 0.1) is 50.4 Å². The molecular weight excluding hydrogens is 571 g/mol. The first-order chi connectivity index (χ1) is 16.2. The number of hydrazone groups is 1. The lowest BCUT2D eigenvalue weighted by atomic mass is 10.1. The molecule has 0 unspecified atom stereocenters. The van der Waals surface area contributed by atoms with Crippen LogP contribution in [-0.2, 0) is 9.53 Å². The predicted molar refractivity (Wildman–Crippen MR) is 142 cm³/mol. The molecule has 1 amide bonds. The third kappa shape index (κ3) is 5.72. The number of hydrogen-bond donors (Lipinski definition) is 0. The topological polar surface area (TPSA) is 77.4 Å². The molecule has 0 saturated carbocycles. The lowest BCUT2D eigenvalue weighted by Gasteiger charge is -2.15. The van der Waals surface area contributed by atoms with Crippen molar-refractivity contribution in [1.82, 2.24) is 0 Å². The standard InChI is InChI=1S/C25H26ClIN2O5/c1-6-32-22-12-16(11-21(27)23(22)33-7-2)10-18-15(5)28-29(24(18)30)17-8-9-20(26)19(13-17)25(31)34-14(3)4/h8-14H,6-7H2,1-5H3/b18-10-. The minimum absolute atomic E-state index is 0.174. The molecule has 7 nitrogen and oxygen atoms in total. The highest BCUT2D eigenvalue weighted by Crippen LogP contribution is 2.36. The number of ether oxygens (including phenoxy) is 3. The highest BCUT2D eigenvalue weighted by Gasteiger charge is 2.30. The molecule has 0 spiro atoms. The van der Waals surface area contributed by atoms with Crippen LogP contribution >= 0.6 is 34.2 Å². The Morgan fingerprint density at radius 1 is 1.18 bits per heavy atom. The molecule has 34 heavy (non-hydrogen) atoms. The van der Waals surface area contributed by atoms with Crippen molar-refractivity contribution in [2.75, 3.05) is 18.2 Å². The van der Waals surface area contributed by atoms with Crippen LogP contribution in [0.2, 0.25) is 5.02 Å². The molecule has 0 aliphatic carbocycles. The Morgan fingerprint density at radius 3 is 2.53 bits per heavy atom. The van der Waals surface area contributed by atoms with E-state index in [0.717, 1.165) is 9.13 Å². The minimum Gasteiger partial charge on any atom is -0.490 e. The van der Waals surface area contributed by atoms with Gasteiger partial charge in [0.15, 0.2) is 11.5 Å². The fourth-order valence-electron chi connectivity index (χ4n) is 3.32. The van der Waals surface area contributed by atoms with Gasteiger partial charge in [-0.2, -0.15) is 10.1 Å². The lowest BCUT2D eigenvalue weighted by molar-refractivity contribution is -0.114. The van der Waals surface area contributed by atoms with Gasteiger partial charge in [0.25, 0.3) is 5.91 Å². The van der Waals surface area contributed by atoms with Crippen LogP contribution in [0.3, 0.4) is 0 Å². The predicted octanol–water partition coefficient (Wildman–Crippen LogP) is 6.11. The lowest BCUT2D eigenvalue weighted by Crippen LogP contribution is -2.22. The van der Waals surface area contributed by atoms with Gasteiger partial charge in [-0.3, -0.25) is 4.79 Å². The number of carbonyl (C=O) groups excluding carboxylic acids is 2. The smallest absolute Gasteiger partial charge is 0.339 e. The van der Waals surface area contributed by atoms with E-state index in [1.54, 1.807) is 39.0 Å². The normalized spacial score (nSPS) is 14.6. The highest BCUT2D eigenvalue weighted by atomic mass is 127. The Bertz CT molecular complexity index is 1180. The maximum absolute atomic E-state index is 13.3. The number of benzene rings is 2. The van der Waals surface area contributed by atoms with E-state index in [9.17, 15) is 9.59 Å². The van der Waals surface area contributed by atoms with E-state index in [1.807, 2.05) is 26.0 Å². The van der Waals surface area contributed by atoms with Crippen LogP contribution in [0.25, 0.3) is 6.08 Å². The van der Waals surface area contributed by atoms with Crippen LogP contribution in [0, 0.1) is 3.57 Å². The SMILES string of the molecule is CCOc1cc(/C=C2\C(=O)N(c3ccc(Cl)c(C(=O)OC(C)C)c3)N=C2C)cc(I)c1OCC. The van der Waals surface area contributed by atoms with Gasteiger partial charge in [-0.05, 0) is 99.2 Å². The molecule has 2 aromatic carbocycles. The molecule has 1 aliphatic rings. The molecule has 9 heteroatoms. The number of nitrogens with zero attached hydrogens (tertiary/aromatic N) is 2. The Morgan fingerprint density at radius 2 is 1.88 bits per heavy atom. The molecule has 2 aromatic rings. The zero-order valence-electron chi connectivity index (χ0n) is 19.6. The van der Waals surface area contributed by atoms with Crippen molar-refractivity contribution in [3.05, 3.63) is 55.6 Å². The quantitative estimate of drug-likeness (QED) is 0.209. The van der Waals surface area contributed by atoms with Gasteiger partial charge in [-0.15, -0.1) is 0 Å². The molecule has 0 aromatic heterocycles. The second-order valence-electron chi connectivity index (χ2n) is 7.67. The summed E-state index contributed by atoms with van der Waals surface area (Å²) < 4.78 is 17.6. The van der Waals surface area contributed by atoms with Gasteiger partial charge in [0.1, 0.15) is 0 Å². The Hall–Kier alpha value is -2.59. The Kier molecular flexibility index (Phi) is 8.59. The fraction of sp³-hybridized carbons (Fsp3) is 0.320. The van der Waals surface area contributed by atoms with E-state index < -0.39 is 5.97 Å². The van der Waals surface area contributed by atoms with Crippen molar-refractivity contribution < 1.29 is 23.8 Å². The van der Waals surface area contributed by atoms with Gasteiger partial charge in [0, 0.05) is 0 Å². The van der Waals surface area contributed by atoms with E-state index in [0.29, 0.717) is 41.7 Å². The number of esters is 1. The summed E-state index contributed by atoms with van der Waals surface area (Å²) in [6.45, 7) is 10.1. The van der Waals surface area contributed by atoms with Crippen LogP contribution in [0.1, 0.15) is 50.5 Å². The van der Waals surface area contributed by atoms with Crippen molar-refractivity contribution in [3.8, 4) is 11.5 Å². The summed E-state index contributed by atoms with van der Waals surface area (Å²) in [7, 11) is 0. The molecule has 3 rings (SSSR count). The van der Waals surface area contributed by atoms with Crippen LogP contribution < -0.4 is 14.5 Å². The van der Waals surface area contributed by atoms with Crippen molar-refractivity contribution in [1.29, 1.82) is 0 Å². The summed E-state index contributed by atoms with van der Waals surface area (Å²) >= 11 is 8.39. The van der Waals surface area contributed by atoms with Crippen LogP contribution in [0.4, 0.5) is 5.69 Å². The molecule has 1 heterocycles. The fourth-order valence-corrected chi connectivity index (χ4v) is 4.30. The van der Waals surface area contributed by atoms with Gasteiger partial charge in [0.2, 0.25) is 0 Å². The molecule has 0 bridgehead atoms. The van der Waals surface area contributed by atoms with E-state index in [4.69, 9.17) is 25.8 Å².